The van der Waals surface area contributed by atoms with Crippen LogP contribution in [0.2, 0.25) is 10.0 Å². The summed E-state index contributed by atoms with van der Waals surface area (Å²) in [5, 5.41) is 13.4. The number of aliphatic hydroxyl groups is 1. The lowest BCUT2D eigenvalue weighted by atomic mass is 10.1. The molecule has 0 saturated heterocycles. The van der Waals surface area contributed by atoms with Gasteiger partial charge >= 0.3 is 0 Å². The van der Waals surface area contributed by atoms with Crippen LogP contribution in [0.5, 0.6) is 0 Å². The molecule has 1 aliphatic carbocycles. The first kappa shape index (κ1) is 11.2. The molecule has 0 bridgehead atoms. The standard InChI is InChI=1S/C11H13Cl2NO/c12-9-3-1-7-8(11(9)13)2-4-10(7)14-5-6-15/h1,3,10,14-15H,2,4-6H2. The normalized spacial score (nSPS) is 19.3. The van der Waals surface area contributed by atoms with Crippen molar-refractivity contribution in [2.24, 2.45) is 0 Å². The number of hydrogen-bond acceptors (Lipinski definition) is 2. The zero-order valence-corrected chi connectivity index (χ0v) is 9.78. The van der Waals surface area contributed by atoms with Gasteiger partial charge in [0.2, 0.25) is 0 Å². The van der Waals surface area contributed by atoms with Crippen LogP contribution >= 0.6 is 23.2 Å². The molecule has 82 valence electrons. The van der Waals surface area contributed by atoms with Gasteiger partial charge in [-0.05, 0) is 30.0 Å². The van der Waals surface area contributed by atoms with E-state index in [1.54, 1.807) is 0 Å². The summed E-state index contributed by atoms with van der Waals surface area (Å²) in [6, 6.07) is 4.16. The van der Waals surface area contributed by atoms with Crippen molar-refractivity contribution in [3.63, 3.8) is 0 Å². The monoisotopic (exact) mass is 245 g/mol. The SMILES string of the molecule is OCCNC1CCc2c1ccc(Cl)c2Cl. The van der Waals surface area contributed by atoms with Gasteiger partial charge in [-0.25, -0.2) is 0 Å². The van der Waals surface area contributed by atoms with Gasteiger partial charge in [-0.15, -0.1) is 0 Å². The fourth-order valence-electron chi connectivity index (χ4n) is 2.08. The molecule has 0 aromatic heterocycles. The quantitative estimate of drug-likeness (QED) is 0.859. The summed E-state index contributed by atoms with van der Waals surface area (Å²) in [5.41, 5.74) is 2.37. The van der Waals surface area contributed by atoms with Gasteiger partial charge in [-0.3, -0.25) is 0 Å². The van der Waals surface area contributed by atoms with E-state index < -0.39 is 0 Å². The Morgan fingerprint density at radius 1 is 1.40 bits per heavy atom. The van der Waals surface area contributed by atoms with Crippen LogP contribution in [0.15, 0.2) is 12.1 Å². The van der Waals surface area contributed by atoms with Crippen molar-refractivity contribution in [3.8, 4) is 0 Å². The molecule has 0 heterocycles. The molecule has 1 aromatic rings. The van der Waals surface area contributed by atoms with Crippen LogP contribution in [0.25, 0.3) is 0 Å². The second kappa shape index (κ2) is 4.71. The van der Waals surface area contributed by atoms with Gasteiger partial charge in [0, 0.05) is 12.6 Å². The van der Waals surface area contributed by atoms with E-state index in [0.717, 1.165) is 18.4 Å². The minimum atomic E-state index is 0.160. The Morgan fingerprint density at radius 2 is 2.20 bits per heavy atom. The first-order valence-corrected chi connectivity index (χ1v) is 5.80. The lowest BCUT2D eigenvalue weighted by molar-refractivity contribution is 0.284. The van der Waals surface area contributed by atoms with Gasteiger partial charge in [-0.1, -0.05) is 29.3 Å². The summed E-state index contributed by atoms with van der Waals surface area (Å²) < 4.78 is 0. The predicted molar refractivity (Wildman–Crippen MR) is 62.6 cm³/mol. The lowest BCUT2D eigenvalue weighted by Gasteiger charge is -2.13. The van der Waals surface area contributed by atoms with Crippen molar-refractivity contribution in [2.75, 3.05) is 13.2 Å². The molecule has 15 heavy (non-hydrogen) atoms. The van der Waals surface area contributed by atoms with Crippen LogP contribution < -0.4 is 5.32 Å². The molecule has 0 fully saturated rings. The maximum absolute atomic E-state index is 8.76. The average molecular weight is 246 g/mol. The molecular formula is C11H13Cl2NO. The Kier molecular flexibility index (Phi) is 3.52. The van der Waals surface area contributed by atoms with Crippen molar-refractivity contribution < 1.29 is 5.11 Å². The van der Waals surface area contributed by atoms with E-state index in [2.05, 4.69) is 5.32 Å². The Labute approximate surface area is 99.2 Å². The number of fused-ring (bicyclic) bond motifs is 1. The van der Waals surface area contributed by atoms with E-state index in [-0.39, 0.29) is 6.61 Å². The maximum Gasteiger partial charge on any atom is 0.0627 e. The summed E-state index contributed by atoms with van der Waals surface area (Å²) in [5.74, 6) is 0. The molecule has 0 spiro atoms. The summed E-state index contributed by atoms with van der Waals surface area (Å²) >= 11 is 12.1. The first-order valence-electron chi connectivity index (χ1n) is 5.05. The Balaban J connectivity index is 2.24. The zero-order chi connectivity index (χ0) is 10.8. The van der Waals surface area contributed by atoms with Gasteiger partial charge in [0.1, 0.15) is 0 Å². The molecule has 0 aliphatic heterocycles. The van der Waals surface area contributed by atoms with E-state index in [1.807, 2.05) is 12.1 Å². The largest absolute Gasteiger partial charge is 0.395 e. The molecule has 0 saturated carbocycles. The maximum atomic E-state index is 8.76. The number of nitrogens with one attached hydrogen (secondary N) is 1. The minimum Gasteiger partial charge on any atom is -0.395 e. The fourth-order valence-corrected chi connectivity index (χ4v) is 2.53. The highest BCUT2D eigenvalue weighted by Gasteiger charge is 2.24. The number of hydrogen-bond donors (Lipinski definition) is 2. The first-order chi connectivity index (χ1) is 7.24. The topological polar surface area (TPSA) is 32.3 Å². The van der Waals surface area contributed by atoms with Crippen LogP contribution in [-0.2, 0) is 6.42 Å². The summed E-state index contributed by atoms with van der Waals surface area (Å²) in [6.07, 6.45) is 1.98. The van der Waals surface area contributed by atoms with Gasteiger partial charge < -0.3 is 10.4 Å². The molecule has 2 rings (SSSR count). The highest BCUT2D eigenvalue weighted by molar-refractivity contribution is 6.42. The molecule has 0 radical (unpaired) electrons. The summed E-state index contributed by atoms with van der Waals surface area (Å²) in [7, 11) is 0. The molecule has 4 heteroatoms. The fraction of sp³-hybridized carbons (Fsp3) is 0.455. The highest BCUT2D eigenvalue weighted by atomic mass is 35.5. The van der Waals surface area contributed by atoms with Crippen molar-refractivity contribution in [1.82, 2.24) is 5.32 Å². The Hall–Kier alpha value is -0.280. The molecule has 1 unspecified atom stereocenters. The summed E-state index contributed by atoms with van der Waals surface area (Å²) in [6.45, 7) is 0.775. The van der Waals surface area contributed by atoms with Crippen LogP contribution in [0.3, 0.4) is 0 Å². The summed E-state index contributed by atoms with van der Waals surface area (Å²) in [4.78, 5) is 0. The van der Waals surface area contributed by atoms with E-state index in [0.29, 0.717) is 22.6 Å². The van der Waals surface area contributed by atoms with Crippen LogP contribution in [0.4, 0.5) is 0 Å². The van der Waals surface area contributed by atoms with E-state index in [1.165, 1.54) is 5.56 Å². The number of aliphatic hydroxyl groups excluding tert-OH is 1. The predicted octanol–water partition coefficient (Wildman–Crippen LogP) is 2.56. The Morgan fingerprint density at radius 3 is 2.93 bits per heavy atom. The van der Waals surface area contributed by atoms with E-state index in [4.69, 9.17) is 28.3 Å². The third kappa shape index (κ3) is 2.13. The third-order valence-electron chi connectivity index (χ3n) is 2.79. The smallest absolute Gasteiger partial charge is 0.0627 e. The van der Waals surface area contributed by atoms with E-state index in [9.17, 15) is 0 Å². The number of halogens is 2. The van der Waals surface area contributed by atoms with Gasteiger partial charge in [0.25, 0.3) is 0 Å². The highest BCUT2D eigenvalue weighted by Crippen LogP contribution is 2.38. The zero-order valence-electron chi connectivity index (χ0n) is 8.26. The van der Waals surface area contributed by atoms with Crippen molar-refractivity contribution in [3.05, 3.63) is 33.3 Å². The lowest BCUT2D eigenvalue weighted by Crippen LogP contribution is -2.22. The van der Waals surface area contributed by atoms with Crippen LogP contribution in [0.1, 0.15) is 23.6 Å². The van der Waals surface area contributed by atoms with Crippen molar-refractivity contribution in [2.45, 2.75) is 18.9 Å². The molecular weight excluding hydrogens is 233 g/mol. The number of rotatable bonds is 3. The molecule has 2 nitrogen and oxygen atoms in total. The van der Waals surface area contributed by atoms with Gasteiger partial charge in [0.15, 0.2) is 0 Å². The van der Waals surface area contributed by atoms with Crippen molar-refractivity contribution in [1.29, 1.82) is 0 Å². The van der Waals surface area contributed by atoms with Crippen LogP contribution in [-0.4, -0.2) is 18.3 Å². The van der Waals surface area contributed by atoms with Crippen LogP contribution in [0, 0.1) is 0 Å². The average Bonchev–Trinajstić information content (AvgIpc) is 2.64. The van der Waals surface area contributed by atoms with Crippen molar-refractivity contribution >= 4 is 23.2 Å². The van der Waals surface area contributed by atoms with E-state index >= 15 is 0 Å². The minimum absolute atomic E-state index is 0.160. The Bertz CT molecular complexity index is 368. The number of benzene rings is 1. The molecule has 1 aliphatic rings. The second-order valence-corrected chi connectivity index (χ2v) is 4.48. The van der Waals surface area contributed by atoms with Gasteiger partial charge in [0.05, 0.1) is 16.7 Å². The third-order valence-corrected chi connectivity index (χ3v) is 3.64. The molecule has 1 atom stereocenters. The molecule has 0 amide bonds. The molecule has 1 aromatic carbocycles. The van der Waals surface area contributed by atoms with Gasteiger partial charge in [-0.2, -0.15) is 0 Å². The molecule has 2 N–H and O–H groups in total. The second-order valence-electron chi connectivity index (χ2n) is 3.70.